The van der Waals surface area contributed by atoms with Gasteiger partial charge in [0.15, 0.2) is 0 Å². The van der Waals surface area contributed by atoms with Gasteiger partial charge in [-0.3, -0.25) is 10.1 Å². The van der Waals surface area contributed by atoms with E-state index < -0.39 is 0 Å². The van der Waals surface area contributed by atoms with Crippen LogP contribution in [0, 0.1) is 27.5 Å². The maximum Gasteiger partial charge on any atom is 0.269 e. The molecule has 0 aliphatic carbocycles. The van der Waals surface area contributed by atoms with Crippen molar-refractivity contribution in [3.8, 4) is 33.4 Å². The lowest BCUT2D eigenvalue weighted by Gasteiger charge is -2.18. The van der Waals surface area contributed by atoms with Crippen LogP contribution in [0.1, 0.15) is 11.1 Å². The van der Waals surface area contributed by atoms with Crippen LogP contribution in [0.25, 0.3) is 33.4 Å². The first-order valence-electron chi connectivity index (χ1n) is 9.65. The summed E-state index contributed by atoms with van der Waals surface area (Å²) in [5.74, 6) is 0. The molecule has 0 aliphatic rings. The van der Waals surface area contributed by atoms with Crippen LogP contribution in [0.5, 0.6) is 0 Å². The first-order valence-corrected chi connectivity index (χ1v) is 10.7. The molecule has 0 aromatic heterocycles. The first kappa shape index (κ1) is 23.1. The molecule has 0 N–H and O–H groups in total. The molecule has 0 amide bonds. The van der Waals surface area contributed by atoms with Crippen molar-refractivity contribution in [3.63, 3.8) is 0 Å². The number of non-ortho nitro benzene ring substituents is 1. The highest BCUT2D eigenvalue weighted by molar-refractivity contribution is 14.1. The van der Waals surface area contributed by atoms with Crippen molar-refractivity contribution in [1.29, 1.82) is 0 Å². The topological polar surface area (TPSA) is 43.1 Å². The van der Waals surface area contributed by atoms with Crippen molar-refractivity contribution in [3.05, 3.63) is 110 Å². The predicted molar refractivity (Wildman–Crippen MR) is 143 cm³/mol. The lowest BCUT2D eigenvalue weighted by molar-refractivity contribution is -0.384. The molecule has 4 rings (SSSR count). The van der Waals surface area contributed by atoms with Crippen molar-refractivity contribution in [2.75, 3.05) is 0 Å². The lowest BCUT2D eigenvalue weighted by Crippen LogP contribution is -1.95. The smallest absolute Gasteiger partial charge is 0.258 e. The number of nitro groups is 1. The molecule has 31 heavy (non-hydrogen) atoms. The second-order valence-corrected chi connectivity index (χ2v) is 8.54. The molecule has 0 radical (unpaired) electrons. The Labute approximate surface area is 199 Å². The highest BCUT2D eigenvalue weighted by Gasteiger charge is 2.18. The zero-order valence-corrected chi connectivity index (χ0v) is 21.0. The SMILES string of the molecule is Cc1ccc(-c2ccc(I)c(-c3ccc([N+](=O)[O-])cc3)c2-c2ccc(C)cc2)cc1.P. The second kappa shape index (κ2) is 9.71. The largest absolute Gasteiger partial charge is 0.269 e. The van der Waals surface area contributed by atoms with Gasteiger partial charge in [0.25, 0.3) is 5.69 Å². The minimum atomic E-state index is -0.363. The normalized spacial score (nSPS) is 10.4. The molecule has 156 valence electrons. The maximum atomic E-state index is 11.1. The molecule has 4 aromatic rings. The van der Waals surface area contributed by atoms with Crippen LogP contribution in [-0.4, -0.2) is 4.92 Å². The van der Waals surface area contributed by atoms with E-state index >= 15 is 0 Å². The fourth-order valence-corrected chi connectivity index (χ4v) is 4.36. The zero-order chi connectivity index (χ0) is 21.3. The summed E-state index contributed by atoms with van der Waals surface area (Å²) in [7, 11) is 0. The van der Waals surface area contributed by atoms with Crippen molar-refractivity contribution in [1.82, 2.24) is 0 Å². The molecule has 0 saturated heterocycles. The third kappa shape index (κ3) is 4.86. The molecule has 3 nitrogen and oxygen atoms in total. The monoisotopic (exact) mass is 539 g/mol. The number of nitrogens with zero attached hydrogens (tertiary/aromatic N) is 1. The quantitative estimate of drug-likeness (QED) is 0.115. The minimum absolute atomic E-state index is 0. The highest BCUT2D eigenvalue weighted by atomic mass is 127. The predicted octanol–water partition coefficient (Wildman–Crippen LogP) is 7.88. The Kier molecular flexibility index (Phi) is 7.24. The molecule has 1 unspecified atom stereocenters. The molecule has 0 bridgehead atoms. The van der Waals surface area contributed by atoms with Gasteiger partial charge in [-0.2, -0.15) is 9.90 Å². The van der Waals surface area contributed by atoms with Crippen LogP contribution in [0.2, 0.25) is 0 Å². The fourth-order valence-electron chi connectivity index (χ4n) is 3.60. The molecule has 0 saturated carbocycles. The van der Waals surface area contributed by atoms with E-state index in [1.54, 1.807) is 12.1 Å². The Morgan fingerprint density at radius 3 is 1.61 bits per heavy atom. The van der Waals surface area contributed by atoms with E-state index in [0.29, 0.717) is 0 Å². The van der Waals surface area contributed by atoms with Crippen LogP contribution < -0.4 is 0 Å². The van der Waals surface area contributed by atoms with Gasteiger partial charge in [0, 0.05) is 21.3 Å². The Bertz CT molecular complexity index is 1220. The summed E-state index contributed by atoms with van der Waals surface area (Å²) in [6, 6.07) is 28.2. The summed E-state index contributed by atoms with van der Waals surface area (Å²) in [4.78, 5) is 10.7. The summed E-state index contributed by atoms with van der Waals surface area (Å²) in [5, 5.41) is 11.1. The van der Waals surface area contributed by atoms with Gasteiger partial charge >= 0.3 is 0 Å². The molecule has 0 heterocycles. The molecule has 1 atom stereocenters. The Hall–Kier alpha value is -2.56. The van der Waals surface area contributed by atoms with E-state index in [2.05, 4.69) is 97.1 Å². The van der Waals surface area contributed by atoms with Crippen molar-refractivity contribution >= 4 is 38.2 Å². The van der Waals surface area contributed by atoms with Gasteiger partial charge in [0.05, 0.1) is 4.92 Å². The standard InChI is InChI=1S/C26H20INO2.H3P/c1-17-3-7-19(8-4-17)23-15-16-24(27)26(21-11-13-22(14-12-21)28(29)30)25(23)20-9-5-18(2)6-10-20;/h3-16H,1-2H3;1H3. The Morgan fingerprint density at radius 1 is 0.645 bits per heavy atom. The minimum Gasteiger partial charge on any atom is -0.258 e. The molecule has 0 fully saturated rings. The maximum absolute atomic E-state index is 11.1. The number of benzene rings is 4. The third-order valence-electron chi connectivity index (χ3n) is 5.22. The molecule has 0 aliphatic heterocycles. The van der Waals surface area contributed by atoms with E-state index in [-0.39, 0.29) is 20.5 Å². The van der Waals surface area contributed by atoms with Gasteiger partial charge in [-0.15, -0.1) is 0 Å². The second-order valence-electron chi connectivity index (χ2n) is 7.38. The van der Waals surface area contributed by atoms with E-state index in [4.69, 9.17) is 0 Å². The van der Waals surface area contributed by atoms with E-state index in [9.17, 15) is 10.1 Å². The molecule has 4 aromatic carbocycles. The Balaban J connectivity index is 0.00000272. The number of aryl methyl sites for hydroxylation is 2. The molecule has 5 heteroatoms. The lowest BCUT2D eigenvalue weighted by atomic mass is 9.87. The molecule has 0 spiro atoms. The Morgan fingerprint density at radius 2 is 1.10 bits per heavy atom. The third-order valence-corrected chi connectivity index (χ3v) is 6.12. The number of halogens is 1. The zero-order valence-electron chi connectivity index (χ0n) is 17.4. The average Bonchev–Trinajstić information content (AvgIpc) is 2.75. The van der Waals surface area contributed by atoms with Gasteiger partial charge in [-0.05, 0) is 82.5 Å². The fraction of sp³-hybridized carbons (Fsp3) is 0.0769. The molecular formula is C26H23INO2P. The average molecular weight is 539 g/mol. The van der Waals surface area contributed by atoms with E-state index in [1.165, 1.54) is 11.1 Å². The summed E-state index contributed by atoms with van der Waals surface area (Å²) >= 11 is 2.35. The van der Waals surface area contributed by atoms with Crippen LogP contribution in [-0.2, 0) is 0 Å². The van der Waals surface area contributed by atoms with Gasteiger partial charge < -0.3 is 0 Å². The number of rotatable bonds is 4. The summed E-state index contributed by atoms with van der Waals surface area (Å²) < 4.78 is 1.10. The van der Waals surface area contributed by atoms with Crippen molar-refractivity contribution in [2.24, 2.45) is 0 Å². The van der Waals surface area contributed by atoms with Crippen LogP contribution in [0.3, 0.4) is 0 Å². The number of hydrogen-bond acceptors (Lipinski definition) is 2. The van der Waals surface area contributed by atoms with Crippen LogP contribution in [0.4, 0.5) is 5.69 Å². The highest BCUT2D eigenvalue weighted by Crippen LogP contribution is 2.43. The summed E-state index contributed by atoms with van der Waals surface area (Å²) in [6.07, 6.45) is 0. The van der Waals surface area contributed by atoms with Gasteiger partial charge in [-0.25, -0.2) is 0 Å². The van der Waals surface area contributed by atoms with E-state index in [1.807, 2.05) is 12.1 Å². The van der Waals surface area contributed by atoms with Crippen molar-refractivity contribution in [2.45, 2.75) is 13.8 Å². The number of nitro benzene ring substituents is 1. The van der Waals surface area contributed by atoms with Gasteiger partial charge in [0.1, 0.15) is 0 Å². The van der Waals surface area contributed by atoms with Crippen molar-refractivity contribution < 1.29 is 4.92 Å². The van der Waals surface area contributed by atoms with E-state index in [0.717, 1.165) is 37.0 Å². The summed E-state index contributed by atoms with van der Waals surface area (Å²) in [6.45, 7) is 4.16. The van der Waals surface area contributed by atoms with Crippen LogP contribution >= 0.6 is 32.5 Å². The van der Waals surface area contributed by atoms with Crippen LogP contribution in [0.15, 0.2) is 84.9 Å². The summed E-state index contributed by atoms with van der Waals surface area (Å²) in [5.41, 5.74) is 9.14. The number of hydrogen-bond donors (Lipinski definition) is 0. The van der Waals surface area contributed by atoms with Gasteiger partial charge in [-0.1, -0.05) is 65.7 Å². The first-order chi connectivity index (χ1) is 14.4. The van der Waals surface area contributed by atoms with Gasteiger partial charge in [0.2, 0.25) is 0 Å². The molecular weight excluding hydrogens is 516 g/mol.